The van der Waals surface area contributed by atoms with E-state index >= 15 is 0 Å². The smallest absolute Gasteiger partial charge is 0.331 e. The molecular formula is C13H14O4. The van der Waals surface area contributed by atoms with Gasteiger partial charge < -0.3 is 10.2 Å². The largest absolute Gasteiger partial charge is 0.481 e. The van der Waals surface area contributed by atoms with Gasteiger partial charge in [-0.1, -0.05) is 29.8 Å². The van der Waals surface area contributed by atoms with Crippen molar-refractivity contribution in [2.75, 3.05) is 0 Å². The van der Waals surface area contributed by atoms with Gasteiger partial charge in [-0.3, -0.25) is 4.79 Å². The van der Waals surface area contributed by atoms with Gasteiger partial charge in [0.05, 0.1) is 0 Å². The van der Waals surface area contributed by atoms with Crippen molar-refractivity contribution in [3.63, 3.8) is 0 Å². The predicted molar refractivity (Wildman–Crippen MR) is 63.7 cm³/mol. The Kier molecular flexibility index (Phi) is 4.46. The zero-order valence-electron chi connectivity index (χ0n) is 9.51. The molecular weight excluding hydrogens is 220 g/mol. The number of benzene rings is 1. The Labute approximate surface area is 99.2 Å². The Balaban J connectivity index is 2.86. The summed E-state index contributed by atoms with van der Waals surface area (Å²) in [6, 6.07) is 7.36. The third-order valence-electron chi connectivity index (χ3n) is 2.30. The van der Waals surface area contributed by atoms with E-state index in [-0.39, 0.29) is 18.4 Å². The highest BCUT2D eigenvalue weighted by Crippen LogP contribution is 2.13. The molecule has 0 aliphatic rings. The van der Waals surface area contributed by atoms with Crippen LogP contribution in [0.25, 0.3) is 6.08 Å². The molecule has 90 valence electrons. The standard InChI is InChI=1S/C13H14O4/c1-9-2-4-10(5-3-9)8-11(13(16)17)6-7-12(14)15/h2-5,8H,6-7H2,1H3,(H,14,15)(H,16,17)/b11-8+. The highest BCUT2D eigenvalue weighted by Gasteiger charge is 2.09. The van der Waals surface area contributed by atoms with Crippen molar-refractivity contribution < 1.29 is 19.8 Å². The van der Waals surface area contributed by atoms with E-state index < -0.39 is 11.9 Å². The summed E-state index contributed by atoms with van der Waals surface area (Å²) in [6.07, 6.45) is 1.35. The van der Waals surface area contributed by atoms with Crippen LogP contribution < -0.4 is 0 Å². The average molecular weight is 234 g/mol. The van der Waals surface area contributed by atoms with Gasteiger partial charge in [-0.2, -0.15) is 0 Å². The molecule has 0 saturated heterocycles. The Morgan fingerprint density at radius 3 is 2.18 bits per heavy atom. The third kappa shape index (κ3) is 4.51. The van der Waals surface area contributed by atoms with Crippen molar-refractivity contribution >= 4 is 18.0 Å². The molecule has 4 nitrogen and oxygen atoms in total. The van der Waals surface area contributed by atoms with Crippen LogP contribution in [0.4, 0.5) is 0 Å². The van der Waals surface area contributed by atoms with Crippen LogP contribution in [0.15, 0.2) is 29.8 Å². The molecule has 1 aromatic rings. The molecule has 1 rings (SSSR count). The van der Waals surface area contributed by atoms with E-state index in [2.05, 4.69) is 0 Å². The number of rotatable bonds is 5. The van der Waals surface area contributed by atoms with Crippen molar-refractivity contribution in [1.82, 2.24) is 0 Å². The number of carbonyl (C=O) groups is 2. The Bertz CT molecular complexity index is 443. The molecule has 0 atom stereocenters. The Morgan fingerprint density at radius 1 is 1.12 bits per heavy atom. The number of carboxylic acids is 2. The molecule has 0 radical (unpaired) electrons. The maximum Gasteiger partial charge on any atom is 0.331 e. The van der Waals surface area contributed by atoms with Gasteiger partial charge in [0.15, 0.2) is 0 Å². The Hall–Kier alpha value is -2.10. The lowest BCUT2D eigenvalue weighted by Crippen LogP contribution is -2.04. The van der Waals surface area contributed by atoms with Crippen molar-refractivity contribution in [3.8, 4) is 0 Å². The summed E-state index contributed by atoms with van der Waals surface area (Å²) in [6.45, 7) is 1.94. The first-order valence-electron chi connectivity index (χ1n) is 5.21. The topological polar surface area (TPSA) is 74.6 Å². The second-order valence-corrected chi connectivity index (χ2v) is 3.78. The summed E-state index contributed by atoms with van der Waals surface area (Å²) in [5.41, 5.74) is 1.96. The van der Waals surface area contributed by atoms with E-state index in [9.17, 15) is 9.59 Å². The molecule has 0 aromatic heterocycles. The lowest BCUT2D eigenvalue weighted by Gasteiger charge is -2.01. The molecule has 4 heteroatoms. The fraction of sp³-hybridized carbons (Fsp3) is 0.231. The molecule has 0 heterocycles. The molecule has 0 bridgehead atoms. The van der Waals surface area contributed by atoms with Gasteiger partial charge in [0.25, 0.3) is 0 Å². The highest BCUT2D eigenvalue weighted by atomic mass is 16.4. The van der Waals surface area contributed by atoms with Gasteiger partial charge in [-0.25, -0.2) is 4.79 Å². The van der Waals surface area contributed by atoms with Gasteiger partial charge in [0.1, 0.15) is 0 Å². The number of aliphatic carboxylic acids is 2. The quantitative estimate of drug-likeness (QED) is 0.767. The molecule has 0 fully saturated rings. The number of hydrogen-bond acceptors (Lipinski definition) is 2. The maximum absolute atomic E-state index is 10.9. The zero-order chi connectivity index (χ0) is 12.8. The van der Waals surface area contributed by atoms with Crippen LogP contribution >= 0.6 is 0 Å². The van der Waals surface area contributed by atoms with E-state index in [4.69, 9.17) is 10.2 Å². The fourth-order valence-electron chi connectivity index (χ4n) is 1.35. The molecule has 0 amide bonds. The van der Waals surface area contributed by atoms with E-state index in [0.29, 0.717) is 0 Å². The SMILES string of the molecule is Cc1ccc(/C=C(\CCC(=O)O)C(=O)O)cc1. The molecule has 0 spiro atoms. The van der Waals surface area contributed by atoms with Crippen LogP contribution in [0, 0.1) is 6.92 Å². The first-order valence-corrected chi connectivity index (χ1v) is 5.21. The van der Waals surface area contributed by atoms with Gasteiger partial charge >= 0.3 is 11.9 Å². The first kappa shape index (κ1) is 13.0. The molecule has 0 saturated carbocycles. The van der Waals surface area contributed by atoms with E-state index in [0.717, 1.165) is 11.1 Å². The molecule has 17 heavy (non-hydrogen) atoms. The van der Waals surface area contributed by atoms with Crippen LogP contribution in [0.1, 0.15) is 24.0 Å². The van der Waals surface area contributed by atoms with Crippen molar-refractivity contribution in [2.24, 2.45) is 0 Å². The van der Waals surface area contributed by atoms with Gasteiger partial charge in [0.2, 0.25) is 0 Å². The zero-order valence-corrected chi connectivity index (χ0v) is 9.51. The Morgan fingerprint density at radius 2 is 1.71 bits per heavy atom. The maximum atomic E-state index is 10.9. The highest BCUT2D eigenvalue weighted by molar-refractivity contribution is 5.92. The second kappa shape index (κ2) is 5.84. The van der Waals surface area contributed by atoms with Gasteiger partial charge in [0, 0.05) is 12.0 Å². The van der Waals surface area contributed by atoms with E-state index in [1.54, 1.807) is 12.1 Å². The lowest BCUT2D eigenvalue weighted by atomic mass is 10.1. The minimum atomic E-state index is -1.08. The monoisotopic (exact) mass is 234 g/mol. The van der Waals surface area contributed by atoms with Crippen LogP contribution in [-0.2, 0) is 9.59 Å². The van der Waals surface area contributed by atoms with Crippen molar-refractivity contribution in [1.29, 1.82) is 0 Å². The molecule has 1 aromatic carbocycles. The summed E-state index contributed by atoms with van der Waals surface area (Å²) in [7, 11) is 0. The normalized spacial score (nSPS) is 11.2. The first-order chi connectivity index (χ1) is 7.99. The fourth-order valence-corrected chi connectivity index (χ4v) is 1.35. The molecule has 0 unspecified atom stereocenters. The summed E-state index contributed by atoms with van der Waals surface area (Å²) in [5, 5.41) is 17.5. The minimum Gasteiger partial charge on any atom is -0.481 e. The number of aryl methyl sites for hydroxylation is 1. The van der Waals surface area contributed by atoms with E-state index in [1.807, 2.05) is 19.1 Å². The molecule has 0 aliphatic carbocycles. The summed E-state index contributed by atoms with van der Waals surface area (Å²) in [5.74, 6) is -2.08. The summed E-state index contributed by atoms with van der Waals surface area (Å²) < 4.78 is 0. The van der Waals surface area contributed by atoms with Crippen LogP contribution in [0.2, 0.25) is 0 Å². The van der Waals surface area contributed by atoms with Crippen LogP contribution in [0.3, 0.4) is 0 Å². The molecule has 2 N–H and O–H groups in total. The number of carboxylic acid groups (broad SMARTS) is 2. The summed E-state index contributed by atoms with van der Waals surface area (Å²) >= 11 is 0. The number of hydrogen-bond donors (Lipinski definition) is 2. The van der Waals surface area contributed by atoms with E-state index in [1.165, 1.54) is 6.08 Å². The average Bonchev–Trinajstić information content (AvgIpc) is 2.26. The van der Waals surface area contributed by atoms with Crippen molar-refractivity contribution in [2.45, 2.75) is 19.8 Å². The predicted octanol–water partition coefficient (Wildman–Crippen LogP) is 2.33. The van der Waals surface area contributed by atoms with Gasteiger partial charge in [-0.15, -0.1) is 0 Å². The molecule has 0 aliphatic heterocycles. The second-order valence-electron chi connectivity index (χ2n) is 3.78. The van der Waals surface area contributed by atoms with Crippen molar-refractivity contribution in [3.05, 3.63) is 41.0 Å². The van der Waals surface area contributed by atoms with Crippen LogP contribution in [0.5, 0.6) is 0 Å². The lowest BCUT2D eigenvalue weighted by molar-refractivity contribution is -0.137. The third-order valence-corrected chi connectivity index (χ3v) is 2.30. The van der Waals surface area contributed by atoms with Gasteiger partial charge in [-0.05, 0) is 25.0 Å². The minimum absolute atomic E-state index is 0.0263. The summed E-state index contributed by atoms with van der Waals surface area (Å²) in [4.78, 5) is 21.3. The van der Waals surface area contributed by atoms with Crippen LogP contribution in [-0.4, -0.2) is 22.2 Å².